The molecule has 0 unspecified atom stereocenters. The Hall–Kier alpha value is -2.48. The molecular weight excluding hydrogens is 334 g/mol. The highest BCUT2D eigenvalue weighted by molar-refractivity contribution is 7.91. The van der Waals surface area contributed by atoms with Crippen LogP contribution >= 0.6 is 0 Å². The Labute approximate surface area is 139 Å². The first-order chi connectivity index (χ1) is 11.5. The molecule has 1 N–H and O–H groups in total. The molecule has 0 spiro atoms. The zero-order valence-corrected chi connectivity index (χ0v) is 13.8. The molecule has 2 heterocycles. The van der Waals surface area contributed by atoms with Crippen molar-refractivity contribution in [3.63, 3.8) is 0 Å². The van der Waals surface area contributed by atoms with Crippen LogP contribution in [0, 0.1) is 0 Å². The van der Waals surface area contributed by atoms with E-state index in [1.165, 1.54) is 18.4 Å². The van der Waals surface area contributed by atoms with Crippen LogP contribution in [-0.2, 0) is 14.6 Å². The van der Waals surface area contributed by atoms with Crippen LogP contribution in [0.3, 0.4) is 0 Å². The molecule has 0 saturated heterocycles. The van der Waals surface area contributed by atoms with Crippen LogP contribution in [0.5, 0.6) is 11.5 Å². The molecule has 1 amide bonds. The highest BCUT2D eigenvalue weighted by atomic mass is 32.2. The summed E-state index contributed by atoms with van der Waals surface area (Å²) in [6.45, 7) is 1.69. The van der Waals surface area contributed by atoms with E-state index in [1.807, 2.05) is 0 Å². The van der Waals surface area contributed by atoms with Gasteiger partial charge in [0.1, 0.15) is 11.0 Å². The van der Waals surface area contributed by atoms with E-state index in [4.69, 9.17) is 13.9 Å². The van der Waals surface area contributed by atoms with Crippen molar-refractivity contribution < 1.29 is 27.1 Å². The second-order valence-corrected chi connectivity index (χ2v) is 7.35. The highest BCUT2D eigenvalue weighted by Gasteiger charge is 2.33. The average Bonchev–Trinajstić information content (AvgIpc) is 3.25. The number of rotatable bonds is 6. The number of hydrogen-bond donors (Lipinski definition) is 1. The van der Waals surface area contributed by atoms with Gasteiger partial charge in [0.15, 0.2) is 21.3 Å². The molecule has 1 aromatic heterocycles. The number of furan rings is 1. The summed E-state index contributed by atoms with van der Waals surface area (Å²) in [6.07, 6.45) is 1.67. The van der Waals surface area contributed by atoms with E-state index in [0.29, 0.717) is 11.5 Å². The third-order valence-corrected chi connectivity index (χ3v) is 5.77. The van der Waals surface area contributed by atoms with E-state index in [1.54, 1.807) is 25.1 Å². The first kappa shape index (κ1) is 16.4. The van der Waals surface area contributed by atoms with Gasteiger partial charge in [-0.05, 0) is 24.3 Å². The van der Waals surface area contributed by atoms with Crippen molar-refractivity contribution in [1.82, 2.24) is 5.32 Å². The molecule has 128 valence electrons. The summed E-state index contributed by atoms with van der Waals surface area (Å²) in [5.41, 5.74) is 0. The van der Waals surface area contributed by atoms with Gasteiger partial charge in [-0.2, -0.15) is 0 Å². The van der Waals surface area contributed by atoms with Crippen molar-refractivity contribution in [2.24, 2.45) is 0 Å². The van der Waals surface area contributed by atoms with Gasteiger partial charge in [0.2, 0.25) is 12.7 Å². The van der Waals surface area contributed by atoms with Crippen LogP contribution in [0.4, 0.5) is 0 Å². The zero-order chi connectivity index (χ0) is 17.2. The number of ether oxygens (including phenoxy) is 2. The molecule has 24 heavy (non-hydrogen) atoms. The average molecular weight is 351 g/mol. The summed E-state index contributed by atoms with van der Waals surface area (Å²) in [7, 11) is -3.79. The van der Waals surface area contributed by atoms with E-state index in [2.05, 4.69) is 5.32 Å². The summed E-state index contributed by atoms with van der Waals surface area (Å²) in [4.78, 5) is 11.6. The monoisotopic (exact) mass is 351 g/mol. The quantitative estimate of drug-likeness (QED) is 0.856. The van der Waals surface area contributed by atoms with Crippen LogP contribution < -0.4 is 14.8 Å². The predicted octanol–water partition coefficient (Wildman–Crippen LogP) is 2.05. The Morgan fingerprint density at radius 1 is 1.25 bits per heavy atom. The molecule has 8 heteroatoms. The van der Waals surface area contributed by atoms with Gasteiger partial charge in [-0.15, -0.1) is 0 Å². The van der Waals surface area contributed by atoms with Crippen molar-refractivity contribution in [3.05, 3.63) is 42.4 Å². The summed E-state index contributed by atoms with van der Waals surface area (Å²) in [5.74, 6) is 0.922. The molecule has 7 nitrogen and oxygen atoms in total. The third kappa shape index (κ3) is 3.09. The number of nitrogens with one attached hydrogen (secondary N) is 1. The summed E-state index contributed by atoms with van der Waals surface area (Å²) in [5, 5.41) is 1.59. The molecule has 3 rings (SSSR count). The lowest BCUT2D eigenvalue weighted by molar-refractivity contribution is -0.120. The number of amides is 1. The molecule has 1 atom stereocenters. The number of benzene rings is 1. The predicted molar refractivity (Wildman–Crippen MR) is 84.5 cm³/mol. The van der Waals surface area contributed by atoms with E-state index in [9.17, 15) is 13.2 Å². The van der Waals surface area contributed by atoms with Crippen molar-refractivity contribution in [1.29, 1.82) is 0 Å². The Morgan fingerprint density at radius 3 is 2.75 bits per heavy atom. The fraction of sp³-hybridized carbons (Fsp3) is 0.312. The summed E-state index contributed by atoms with van der Waals surface area (Å²) < 4.78 is 41.8. The summed E-state index contributed by atoms with van der Waals surface area (Å²) in [6, 6.07) is 7.63. The Kier molecular flexibility index (Phi) is 4.48. The van der Waals surface area contributed by atoms with Gasteiger partial charge in [0, 0.05) is 19.0 Å². The maximum absolute atomic E-state index is 13.0. The van der Waals surface area contributed by atoms with E-state index < -0.39 is 15.1 Å². The van der Waals surface area contributed by atoms with Gasteiger partial charge in [0.25, 0.3) is 0 Å². The molecule has 1 aliphatic rings. The lowest BCUT2D eigenvalue weighted by atomic mass is 10.3. The molecular formula is C16H17NO6S. The minimum atomic E-state index is -3.79. The number of carbonyl (C=O) groups is 1. The maximum atomic E-state index is 13.0. The van der Waals surface area contributed by atoms with Gasteiger partial charge in [-0.3, -0.25) is 4.79 Å². The minimum absolute atomic E-state index is 0.0625. The highest BCUT2D eigenvalue weighted by Crippen LogP contribution is 2.37. The molecule has 2 aromatic rings. The molecule has 0 radical (unpaired) electrons. The van der Waals surface area contributed by atoms with Crippen molar-refractivity contribution in [2.75, 3.05) is 13.3 Å². The van der Waals surface area contributed by atoms with E-state index in [0.717, 1.165) is 0 Å². The zero-order valence-electron chi connectivity index (χ0n) is 13.0. The van der Waals surface area contributed by atoms with Crippen LogP contribution in [0.2, 0.25) is 0 Å². The largest absolute Gasteiger partial charge is 0.468 e. The van der Waals surface area contributed by atoms with Gasteiger partial charge < -0.3 is 19.2 Å². The van der Waals surface area contributed by atoms with E-state index >= 15 is 0 Å². The summed E-state index contributed by atoms with van der Waals surface area (Å²) >= 11 is 0. The number of hydrogen-bond acceptors (Lipinski definition) is 6. The lowest BCUT2D eigenvalue weighted by Gasteiger charge is -2.16. The fourth-order valence-corrected chi connectivity index (χ4v) is 3.99. The normalized spacial score (nSPS) is 14.4. The van der Waals surface area contributed by atoms with E-state index in [-0.39, 0.29) is 36.3 Å². The van der Waals surface area contributed by atoms with Crippen molar-refractivity contribution >= 4 is 15.7 Å². The number of carbonyl (C=O) groups excluding carboxylic acids is 1. The van der Waals surface area contributed by atoms with Gasteiger partial charge in [-0.25, -0.2) is 8.42 Å². The fourth-order valence-electron chi connectivity index (χ4n) is 2.39. The Bertz CT molecular complexity index is 828. The number of fused-ring (bicyclic) bond motifs is 1. The van der Waals surface area contributed by atoms with Gasteiger partial charge in [0.05, 0.1) is 11.2 Å². The first-order valence-electron chi connectivity index (χ1n) is 7.46. The first-order valence-corrected chi connectivity index (χ1v) is 9.00. The number of sulfone groups is 1. The third-order valence-electron chi connectivity index (χ3n) is 3.71. The van der Waals surface area contributed by atoms with Crippen LogP contribution in [-0.4, -0.2) is 27.7 Å². The second kappa shape index (κ2) is 6.56. The van der Waals surface area contributed by atoms with Crippen LogP contribution in [0.1, 0.15) is 24.4 Å². The second-order valence-electron chi connectivity index (χ2n) is 5.22. The molecule has 1 aliphatic heterocycles. The van der Waals surface area contributed by atoms with Gasteiger partial charge in [-0.1, -0.05) is 6.92 Å². The molecule has 0 saturated carbocycles. The Morgan fingerprint density at radius 2 is 2.04 bits per heavy atom. The minimum Gasteiger partial charge on any atom is -0.468 e. The van der Waals surface area contributed by atoms with Crippen LogP contribution in [0.25, 0.3) is 0 Å². The standard InChI is InChI=1S/C16H17NO6S/c1-2-16(18)17-9-15(13-4-3-7-21-13)24(19,20)11-5-6-12-14(8-11)23-10-22-12/h3-8,15H,2,9-10H2,1H3,(H,17,18)/t15-/m1/s1. The SMILES string of the molecule is CCC(=O)NC[C@H](c1ccco1)S(=O)(=O)c1ccc2c(c1)OCO2. The molecule has 0 fully saturated rings. The topological polar surface area (TPSA) is 94.8 Å². The smallest absolute Gasteiger partial charge is 0.231 e. The molecule has 0 aliphatic carbocycles. The maximum Gasteiger partial charge on any atom is 0.231 e. The van der Waals surface area contributed by atoms with Crippen LogP contribution in [0.15, 0.2) is 45.9 Å². The molecule has 0 bridgehead atoms. The van der Waals surface area contributed by atoms with Crippen molar-refractivity contribution in [2.45, 2.75) is 23.5 Å². The van der Waals surface area contributed by atoms with Crippen molar-refractivity contribution in [3.8, 4) is 11.5 Å². The van der Waals surface area contributed by atoms with Gasteiger partial charge >= 0.3 is 0 Å². The lowest BCUT2D eigenvalue weighted by Crippen LogP contribution is -2.31. The molecule has 1 aromatic carbocycles. The Balaban J connectivity index is 1.94.